The van der Waals surface area contributed by atoms with Crippen molar-refractivity contribution in [2.45, 2.75) is 19.6 Å². The van der Waals surface area contributed by atoms with Crippen molar-refractivity contribution >= 4 is 39.9 Å². The molecule has 1 aliphatic rings. The fraction of sp³-hybridized carbons (Fsp3) is 0.103. The van der Waals surface area contributed by atoms with E-state index in [2.05, 4.69) is 24.3 Å². The highest BCUT2D eigenvalue weighted by atomic mass is 32.1. The number of hydrogen-bond acceptors (Lipinski definition) is 6. The van der Waals surface area contributed by atoms with Crippen molar-refractivity contribution in [1.82, 2.24) is 4.57 Å². The fourth-order valence-electron chi connectivity index (χ4n) is 5.79. The Balaban J connectivity index is 1.27. The van der Waals surface area contributed by atoms with E-state index in [9.17, 15) is 14.0 Å². The number of hydrogen-bond donors (Lipinski definition) is 0. The molecule has 1 aliphatic heterocycles. The number of aromatic nitrogens is 1. The summed E-state index contributed by atoms with van der Waals surface area (Å²) in [4.78, 5) is 32.9. The summed E-state index contributed by atoms with van der Waals surface area (Å²) < 4.78 is 27.6. The molecule has 5 aromatic carbocycles. The zero-order valence-electron chi connectivity index (χ0n) is 25.4. The summed E-state index contributed by atoms with van der Waals surface area (Å²) in [5.74, 6) is -0.298. The van der Waals surface area contributed by atoms with Gasteiger partial charge < -0.3 is 9.47 Å². The van der Waals surface area contributed by atoms with Crippen LogP contribution in [0.4, 0.5) is 4.39 Å². The molecule has 6 aromatic rings. The van der Waals surface area contributed by atoms with Crippen molar-refractivity contribution in [2.75, 3.05) is 6.61 Å². The number of nitrogens with zero attached hydrogens (tertiary/aromatic N) is 2. The zero-order chi connectivity index (χ0) is 32.3. The topological polar surface area (TPSA) is 69.9 Å². The van der Waals surface area contributed by atoms with Crippen LogP contribution in [0.5, 0.6) is 5.75 Å². The molecule has 0 radical (unpaired) electrons. The van der Waals surface area contributed by atoms with E-state index in [0.29, 0.717) is 38.5 Å². The molecule has 0 spiro atoms. The number of carbonyl (C=O) groups excluding carboxylic acids is 1. The van der Waals surface area contributed by atoms with Crippen LogP contribution >= 0.6 is 11.3 Å². The SMILES string of the molecule is CCOC(=O)C1=C(c2ccccc2)N=c2s/c(=C\c3ccc(OCc4cccc5ccccc45)cc3)c(=O)n2[C@H]1c1ccc(F)cc1. The van der Waals surface area contributed by atoms with Gasteiger partial charge >= 0.3 is 5.97 Å². The van der Waals surface area contributed by atoms with Crippen LogP contribution in [0.2, 0.25) is 0 Å². The predicted molar refractivity (Wildman–Crippen MR) is 182 cm³/mol. The first-order valence-corrected chi connectivity index (χ1v) is 16.1. The van der Waals surface area contributed by atoms with Crippen LogP contribution in [0.25, 0.3) is 22.5 Å². The molecule has 0 fully saturated rings. The van der Waals surface area contributed by atoms with Gasteiger partial charge in [-0.15, -0.1) is 0 Å². The van der Waals surface area contributed by atoms with E-state index in [4.69, 9.17) is 14.5 Å². The second kappa shape index (κ2) is 13.0. The summed E-state index contributed by atoms with van der Waals surface area (Å²) in [5, 5.41) is 2.32. The van der Waals surface area contributed by atoms with Crippen molar-refractivity contribution in [3.05, 3.63) is 175 Å². The van der Waals surface area contributed by atoms with Crippen LogP contribution in [-0.2, 0) is 16.1 Å². The van der Waals surface area contributed by atoms with E-state index < -0.39 is 17.8 Å². The molecule has 1 aromatic heterocycles. The molecule has 0 amide bonds. The number of fused-ring (bicyclic) bond motifs is 2. The summed E-state index contributed by atoms with van der Waals surface area (Å²) in [5.41, 5.74) is 3.50. The highest BCUT2D eigenvalue weighted by Gasteiger charge is 2.35. The smallest absolute Gasteiger partial charge is 0.338 e. The van der Waals surface area contributed by atoms with Gasteiger partial charge in [0, 0.05) is 5.56 Å². The molecule has 0 saturated heterocycles. The van der Waals surface area contributed by atoms with E-state index in [1.165, 1.54) is 28.0 Å². The number of ether oxygens (including phenoxy) is 2. The molecular weight excluding hydrogens is 612 g/mol. The molecule has 8 heteroatoms. The highest BCUT2D eigenvalue weighted by Crippen LogP contribution is 2.35. The monoisotopic (exact) mass is 640 g/mol. The van der Waals surface area contributed by atoms with E-state index in [0.717, 1.165) is 21.9 Å². The second-order valence-electron chi connectivity index (χ2n) is 11.0. The Morgan fingerprint density at radius 3 is 2.38 bits per heavy atom. The molecule has 2 heterocycles. The third kappa shape index (κ3) is 6.03. The van der Waals surface area contributed by atoms with E-state index in [-0.39, 0.29) is 17.7 Å². The van der Waals surface area contributed by atoms with Crippen LogP contribution in [0.1, 0.15) is 35.2 Å². The Bertz CT molecular complexity index is 2300. The van der Waals surface area contributed by atoms with Gasteiger partial charge in [-0.2, -0.15) is 0 Å². The third-order valence-corrected chi connectivity index (χ3v) is 8.99. The van der Waals surface area contributed by atoms with Crippen molar-refractivity contribution < 1.29 is 18.7 Å². The molecule has 0 N–H and O–H groups in total. The van der Waals surface area contributed by atoms with Gasteiger partial charge in [0.1, 0.15) is 18.2 Å². The molecule has 47 heavy (non-hydrogen) atoms. The van der Waals surface area contributed by atoms with E-state index in [1.54, 1.807) is 25.1 Å². The van der Waals surface area contributed by atoms with E-state index in [1.807, 2.05) is 72.8 Å². The Morgan fingerprint density at radius 2 is 1.62 bits per heavy atom. The maximum atomic E-state index is 14.1. The van der Waals surface area contributed by atoms with Gasteiger partial charge in [-0.1, -0.05) is 108 Å². The van der Waals surface area contributed by atoms with Crippen LogP contribution in [0.15, 0.2) is 137 Å². The largest absolute Gasteiger partial charge is 0.489 e. The van der Waals surface area contributed by atoms with Crippen LogP contribution in [-0.4, -0.2) is 17.1 Å². The summed E-state index contributed by atoms with van der Waals surface area (Å²) in [6.45, 7) is 2.30. The summed E-state index contributed by atoms with van der Waals surface area (Å²) >= 11 is 1.23. The average Bonchev–Trinajstić information content (AvgIpc) is 3.42. The van der Waals surface area contributed by atoms with Gasteiger partial charge in [-0.3, -0.25) is 9.36 Å². The van der Waals surface area contributed by atoms with Crippen molar-refractivity contribution in [2.24, 2.45) is 4.99 Å². The minimum absolute atomic E-state index is 0.145. The van der Waals surface area contributed by atoms with Crippen molar-refractivity contribution in [3.8, 4) is 5.75 Å². The molecule has 0 saturated carbocycles. The summed E-state index contributed by atoms with van der Waals surface area (Å²) in [6.07, 6.45) is 1.80. The van der Waals surface area contributed by atoms with Gasteiger partial charge in [0.05, 0.1) is 28.5 Å². The fourth-order valence-corrected chi connectivity index (χ4v) is 6.79. The van der Waals surface area contributed by atoms with Gasteiger partial charge in [0.15, 0.2) is 4.80 Å². The normalized spacial score (nSPS) is 14.5. The number of esters is 1. The minimum atomic E-state index is -0.868. The maximum absolute atomic E-state index is 14.1. The molecule has 1 atom stereocenters. The number of benzene rings is 5. The first kappa shape index (κ1) is 30.1. The van der Waals surface area contributed by atoms with Crippen LogP contribution in [0.3, 0.4) is 0 Å². The van der Waals surface area contributed by atoms with Crippen LogP contribution in [0, 0.1) is 5.82 Å². The average molecular weight is 641 g/mol. The molecule has 0 bridgehead atoms. The quantitative estimate of drug-likeness (QED) is 0.172. The maximum Gasteiger partial charge on any atom is 0.338 e. The van der Waals surface area contributed by atoms with Gasteiger partial charge in [0.2, 0.25) is 0 Å². The minimum Gasteiger partial charge on any atom is -0.489 e. The summed E-state index contributed by atoms with van der Waals surface area (Å²) in [7, 11) is 0. The number of thiazole rings is 1. The third-order valence-electron chi connectivity index (χ3n) is 8.01. The lowest BCUT2D eigenvalue weighted by Crippen LogP contribution is -2.40. The summed E-state index contributed by atoms with van der Waals surface area (Å²) in [6, 6.07) is 36.2. The van der Waals surface area contributed by atoms with Gasteiger partial charge in [-0.25, -0.2) is 14.2 Å². The highest BCUT2D eigenvalue weighted by molar-refractivity contribution is 7.07. The predicted octanol–water partition coefficient (Wildman–Crippen LogP) is 6.81. The Morgan fingerprint density at radius 1 is 0.894 bits per heavy atom. The van der Waals surface area contributed by atoms with Crippen molar-refractivity contribution in [3.63, 3.8) is 0 Å². The van der Waals surface area contributed by atoms with E-state index >= 15 is 0 Å². The van der Waals surface area contributed by atoms with Gasteiger partial charge in [0.25, 0.3) is 5.56 Å². The molecule has 0 aliphatic carbocycles. The Labute approximate surface area is 274 Å². The molecule has 6 nitrogen and oxygen atoms in total. The lowest BCUT2D eigenvalue weighted by Gasteiger charge is -2.25. The van der Waals surface area contributed by atoms with Crippen molar-refractivity contribution in [1.29, 1.82) is 0 Å². The lowest BCUT2D eigenvalue weighted by molar-refractivity contribution is -0.138. The van der Waals surface area contributed by atoms with Crippen LogP contribution < -0.4 is 19.6 Å². The van der Waals surface area contributed by atoms with Gasteiger partial charge in [-0.05, 0) is 64.7 Å². The molecule has 0 unspecified atom stereocenters. The first-order valence-electron chi connectivity index (χ1n) is 15.2. The number of rotatable bonds is 8. The Hall–Kier alpha value is -5.60. The Kier molecular flexibility index (Phi) is 8.33. The lowest BCUT2D eigenvalue weighted by atomic mass is 9.93. The second-order valence-corrected chi connectivity index (χ2v) is 12.0. The molecular formula is C39H29FN2O4S. The first-order chi connectivity index (χ1) is 23.0. The molecule has 7 rings (SSSR count). The molecule has 232 valence electrons. The zero-order valence-corrected chi connectivity index (χ0v) is 26.2. The number of carbonyl (C=O) groups is 1. The number of halogens is 1. The standard InChI is InChI=1S/C39H29FN2O4S/c1-2-45-38(44)34-35(27-10-4-3-5-11-27)41-39-42(36(34)28-17-19-30(40)20-18-28)37(43)33(47-39)23-25-15-21-31(22-16-25)46-24-29-13-8-12-26-9-6-7-14-32(26)29/h3-23,36H,2,24H2,1H3/b33-23-/t36-/m0/s1.